The van der Waals surface area contributed by atoms with Gasteiger partial charge in [0, 0.05) is 0 Å². The van der Waals surface area contributed by atoms with Gasteiger partial charge in [0.25, 0.3) is 0 Å². The summed E-state index contributed by atoms with van der Waals surface area (Å²) in [5.41, 5.74) is 0.800. The van der Waals surface area contributed by atoms with E-state index in [1.54, 1.807) is 25.2 Å². The molecule has 0 spiro atoms. The van der Waals surface area contributed by atoms with Crippen LogP contribution in [-0.2, 0) is 15.2 Å². The molecule has 0 amide bonds. The summed E-state index contributed by atoms with van der Waals surface area (Å²) in [5, 5.41) is 0. The molecule has 0 aliphatic carbocycles. The first-order valence-electron chi connectivity index (χ1n) is 3.40. The lowest BCUT2D eigenvalue weighted by Crippen LogP contribution is -1.95. The van der Waals surface area contributed by atoms with E-state index in [1.807, 2.05) is 6.92 Å². The van der Waals surface area contributed by atoms with E-state index in [0.717, 1.165) is 5.57 Å². The van der Waals surface area contributed by atoms with Gasteiger partial charge in [0.05, 0.1) is 4.91 Å². The topological polar surface area (TPSA) is 26.3 Å². The molecule has 0 aromatic heterocycles. The van der Waals surface area contributed by atoms with Gasteiger partial charge >= 0.3 is 8.05 Å². The molecule has 1 atom stereocenters. The minimum Gasteiger partial charge on any atom is -0.363 e. The summed E-state index contributed by atoms with van der Waals surface area (Å²) in [5.74, 6) is 0. The fourth-order valence-electron chi connectivity index (χ4n) is 0.614. The minimum absolute atomic E-state index is 0.507. The van der Waals surface area contributed by atoms with E-state index in [1.165, 1.54) is 0 Å². The molecule has 0 bridgehead atoms. The van der Waals surface area contributed by atoms with Gasteiger partial charge in [-0.3, -0.25) is 0 Å². The highest BCUT2D eigenvalue weighted by atomic mass is 32.2. The van der Waals surface area contributed by atoms with Crippen LogP contribution in [-0.4, -0.2) is 12.3 Å². The van der Waals surface area contributed by atoms with E-state index in [4.69, 9.17) is 8.05 Å². The molecule has 0 aliphatic heterocycles. The Morgan fingerprint density at radius 1 is 1.67 bits per heavy atom. The van der Waals surface area contributed by atoms with Crippen LogP contribution in [0.2, 0.25) is 0 Å². The summed E-state index contributed by atoms with van der Waals surface area (Å²) >= 11 is -1.59. The normalized spacial score (nSPS) is 15.0. The number of hydrogen-bond donors (Lipinski definition) is 0. The van der Waals surface area contributed by atoms with Crippen LogP contribution >= 0.6 is 0 Å². The molecule has 4 heteroatoms. The standard InChI is InChI=1S/C8H11BO2S/c1-4-5-8(6-7(2)3)12(10)11-9/h4-6H,2H2,1,3H3/b5-4-,8-6+. The molecule has 0 aromatic carbocycles. The minimum atomic E-state index is -1.59. The average molecular weight is 182 g/mol. The third-order valence-electron chi connectivity index (χ3n) is 0.999. The van der Waals surface area contributed by atoms with Crippen LogP contribution in [0.4, 0.5) is 0 Å². The summed E-state index contributed by atoms with van der Waals surface area (Å²) in [6.45, 7) is 7.27. The maximum atomic E-state index is 11.0. The number of rotatable bonds is 4. The summed E-state index contributed by atoms with van der Waals surface area (Å²) in [6, 6.07) is 0. The van der Waals surface area contributed by atoms with Crippen LogP contribution in [0, 0.1) is 0 Å². The van der Waals surface area contributed by atoms with Crippen molar-refractivity contribution in [3.8, 4) is 0 Å². The second-order valence-electron chi connectivity index (χ2n) is 2.22. The SMILES string of the molecule is [B]OS(=O)C(/C=C\C)=C/C(=C)C. The summed E-state index contributed by atoms with van der Waals surface area (Å²) < 4.78 is 15.2. The van der Waals surface area contributed by atoms with Crippen molar-refractivity contribution in [3.63, 3.8) is 0 Å². The highest BCUT2D eigenvalue weighted by Gasteiger charge is 2.00. The van der Waals surface area contributed by atoms with Crippen molar-refractivity contribution in [3.05, 3.63) is 35.3 Å². The van der Waals surface area contributed by atoms with Crippen molar-refractivity contribution in [2.75, 3.05) is 0 Å². The maximum Gasteiger partial charge on any atom is 0.309 e. The Bertz CT molecular complexity index is 243. The quantitative estimate of drug-likeness (QED) is 0.489. The van der Waals surface area contributed by atoms with Crippen molar-refractivity contribution >= 4 is 19.1 Å². The predicted molar refractivity (Wildman–Crippen MR) is 52.7 cm³/mol. The molecule has 0 fully saturated rings. The molecule has 0 heterocycles. The molecule has 0 rings (SSSR count). The zero-order valence-corrected chi connectivity index (χ0v) is 8.06. The zero-order chi connectivity index (χ0) is 9.56. The van der Waals surface area contributed by atoms with Gasteiger partial charge in [-0.05, 0) is 26.0 Å². The Morgan fingerprint density at radius 3 is 2.58 bits per heavy atom. The largest absolute Gasteiger partial charge is 0.363 e. The maximum absolute atomic E-state index is 11.0. The second-order valence-corrected chi connectivity index (χ2v) is 3.36. The molecule has 0 N–H and O–H groups in total. The number of hydrogen-bond acceptors (Lipinski definition) is 2. The average Bonchev–Trinajstić information content (AvgIpc) is 2.01. The lowest BCUT2D eigenvalue weighted by Gasteiger charge is -1.99. The molecule has 0 aromatic rings. The van der Waals surface area contributed by atoms with Gasteiger partial charge < -0.3 is 4.10 Å². The van der Waals surface area contributed by atoms with Gasteiger partial charge in [0.15, 0.2) is 11.1 Å². The Labute approximate surface area is 77.1 Å². The van der Waals surface area contributed by atoms with Crippen molar-refractivity contribution in [1.82, 2.24) is 0 Å². The van der Waals surface area contributed by atoms with Crippen molar-refractivity contribution < 1.29 is 8.31 Å². The number of allylic oxidation sites excluding steroid dienone is 4. The van der Waals surface area contributed by atoms with E-state index in [9.17, 15) is 4.21 Å². The van der Waals surface area contributed by atoms with E-state index in [2.05, 4.69) is 10.7 Å². The van der Waals surface area contributed by atoms with Crippen molar-refractivity contribution in [1.29, 1.82) is 0 Å². The molecule has 64 valence electrons. The van der Waals surface area contributed by atoms with Gasteiger partial charge in [0.1, 0.15) is 0 Å². The molecule has 0 aliphatic rings. The Balaban J connectivity index is 4.66. The van der Waals surface area contributed by atoms with Gasteiger partial charge in [-0.1, -0.05) is 18.2 Å². The predicted octanol–water partition coefficient (Wildman–Crippen LogP) is 1.79. The first-order valence-corrected chi connectivity index (χ1v) is 4.48. The van der Waals surface area contributed by atoms with Gasteiger partial charge in [-0.2, -0.15) is 0 Å². The summed E-state index contributed by atoms with van der Waals surface area (Å²) in [6.07, 6.45) is 5.08. The molecule has 0 saturated carbocycles. The van der Waals surface area contributed by atoms with Gasteiger partial charge in [-0.25, -0.2) is 4.21 Å². The monoisotopic (exact) mass is 182 g/mol. The third-order valence-corrected chi connectivity index (χ3v) is 1.81. The van der Waals surface area contributed by atoms with E-state index in [0.29, 0.717) is 4.91 Å². The molecule has 1 unspecified atom stereocenters. The van der Waals surface area contributed by atoms with Crippen LogP contribution in [0.1, 0.15) is 13.8 Å². The van der Waals surface area contributed by atoms with Crippen LogP contribution in [0.15, 0.2) is 35.3 Å². The van der Waals surface area contributed by atoms with E-state index >= 15 is 0 Å². The van der Waals surface area contributed by atoms with Crippen LogP contribution < -0.4 is 0 Å². The first-order chi connectivity index (χ1) is 5.61. The third kappa shape index (κ3) is 4.31. The fraction of sp³-hybridized carbons (Fsp3) is 0.250. The highest BCUT2D eigenvalue weighted by Crippen LogP contribution is 2.07. The molecular weight excluding hydrogens is 171 g/mol. The van der Waals surface area contributed by atoms with Crippen molar-refractivity contribution in [2.45, 2.75) is 13.8 Å². The molecule has 0 saturated heterocycles. The fourth-order valence-corrected chi connectivity index (χ4v) is 1.27. The van der Waals surface area contributed by atoms with Gasteiger partial charge in [-0.15, -0.1) is 0 Å². The molecule has 2 nitrogen and oxygen atoms in total. The van der Waals surface area contributed by atoms with Crippen LogP contribution in [0.3, 0.4) is 0 Å². The Kier molecular flexibility index (Phi) is 5.67. The van der Waals surface area contributed by atoms with E-state index < -0.39 is 11.1 Å². The van der Waals surface area contributed by atoms with Crippen LogP contribution in [0.5, 0.6) is 0 Å². The lowest BCUT2D eigenvalue weighted by molar-refractivity contribution is 0.604. The lowest BCUT2D eigenvalue weighted by atomic mass is 10.3. The summed E-state index contributed by atoms with van der Waals surface area (Å²) in [7, 11) is 4.77. The Morgan fingerprint density at radius 2 is 2.25 bits per heavy atom. The van der Waals surface area contributed by atoms with Gasteiger partial charge in [0.2, 0.25) is 0 Å². The van der Waals surface area contributed by atoms with Crippen LogP contribution in [0.25, 0.3) is 0 Å². The molecule has 12 heavy (non-hydrogen) atoms. The smallest absolute Gasteiger partial charge is 0.309 e. The molecule has 2 radical (unpaired) electrons. The van der Waals surface area contributed by atoms with E-state index in [-0.39, 0.29) is 0 Å². The Hall–Kier alpha value is -0.605. The highest BCUT2D eigenvalue weighted by molar-refractivity contribution is 7.85. The second kappa shape index (κ2) is 5.97. The van der Waals surface area contributed by atoms with Crippen molar-refractivity contribution in [2.24, 2.45) is 0 Å². The first kappa shape index (κ1) is 11.4. The zero-order valence-electron chi connectivity index (χ0n) is 7.24. The summed E-state index contributed by atoms with van der Waals surface area (Å²) in [4.78, 5) is 0.507. The molecular formula is C8H11BO2S.